The van der Waals surface area contributed by atoms with Crippen molar-refractivity contribution >= 4 is 6.01 Å². The summed E-state index contributed by atoms with van der Waals surface area (Å²) in [7, 11) is 0. The fourth-order valence-corrected chi connectivity index (χ4v) is 2.12. The lowest BCUT2D eigenvalue weighted by molar-refractivity contribution is 0.548. The maximum atomic E-state index is 10.2. The molecule has 0 aliphatic heterocycles. The lowest BCUT2D eigenvalue weighted by Gasteiger charge is -1.97. The highest BCUT2D eigenvalue weighted by Crippen LogP contribution is 2.39. The highest BCUT2D eigenvalue weighted by molar-refractivity contribution is 5.84. The minimum Gasteiger partial charge on any atom is -0.434 e. The van der Waals surface area contributed by atoms with Crippen LogP contribution in [0.4, 0.5) is 6.01 Å². The Kier molecular flexibility index (Phi) is 3.51. The molecule has 0 fully saturated rings. The molecule has 2 aromatic rings. The van der Waals surface area contributed by atoms with E-state index in [2.05, 4.69) is 57.9 Å². The zero-order valence-corrected chi connectivity index (χ0v) is 11.3. The van der Waals surface area contributed by atoms with E-state index in [1.807, 2.05) is 0 Å². The van der Waals surface area contributed by atoms with Crippen LogP contribution in [0.25, 0.3) is 11.1 Å². The zero-order chi connectivity index (χ0) is 14.7. The number of nitrogen functional groups attached to an aromatic ring is 1. The Bertz CT molecular complexity index is 810. The average molecular weight is 278 g/mol. The molecule has 104 valence electrons. The van der Waals surface area contributed by atoms with E-state index in [0.717, 1.165) is 6.42 Å². The Balaban J connectivity index is 0.000000143. The summed E-state index contributed by atoms with van der Waals surface area (Å²) in [5, 5.41) is 0. The van der Waals surface area contributed by atoms with Gasteiger partial charge in [0.2, 0.25) is 0 Å². The van der Waals surface area contributed by atoms with Gasteiger partial charge in [0.25, 0.3) is 11.6 Å². The smallest absolute Gasteiger partial charge is 0.295 e. The van der Waals surface area contributed by atoms with Gasteiger partial charge in [0.1, 0.15) is 6.26 Å². The maximum Gasteiger partial charge on any atom is 0.295 e. The van der Waals surface area contributed by atoms with Crippen molar-refractivity contribution in [2.24, 2.45) is 0 Å². The van der Waals surface area contributed by atoms with Crippen molar-refractivity contribution in [2.45, 2.75) is 6.42 Å². The van der Waals surface area contributed by atoms with Crippen molar-refractivity contribution in [3.8, 4) is 11.1 Å². The molecular formula is C17H14N2O2. The van der Waals surface area contributed by atoms with Gasteiger partial charge in [0.15, 0.2) is 0 Å². The van der Waals surface area contributed by atoms with Crippen LogP contribution in [0.15, 0.2) is 70.1 Å². The Morgan fingerprint density at radius 3 is 2.38 bits per heavy atom. The lowest BCUT2D eigenvalue weighted by atomic mass is 10.1. The SMILES string of the molecule is Nc1nc(=O)cco1.c1ccc(Cc2ccc3cc2-3)cc1. The molecule has 0 radical (unpaired) electrons. The van der Waals surface area contributed by atoms with Gasteiger partial charge in [-0.2, -0.15) is 4.98 Å². The first-order valence-electron chi connectivity index (χ1n) is 6.61. The first kappa shape index (κ1) is 13.1. The number of nitrogens with two attached hydrogens (primary N) is 1. The molecule has 0 bridgehead atoms. The summed E-state index contributed by atoms with van der Waals surface area (Å²) < 4.78 is 4.47. The van der Waals surface area contributed by atoms with E-state index >= 15 is 0 Å². The second kappa shape index (κ2) is 5.63. The summed E-state index contributed by atoms with van der Waals surface area (Å²) in [4.78, 5) is 13.5. The van der Waals surface area contributed by atoms with E-state index in [1.54, 1.807) is 0 Å². The Morgan fingerprint density at radius 2 is 1.86 bits per heavy atom. The predicted octanol–water partition coefficient (Wildman–Crippen LogP) is 2.87. The van der Waals surface area contributed by atoms with Gasteiger partial charge in [0, 0.05) is 6.07 Å². The summed E-state index contributed by atoms with van der Waals surface area (Å²) in [6.07, 6.45) is 2.28. The molecule has 1 aromatic heterocycles. The van der Waals surface area contributed by atoms with Crippen molar-refractivity contribution in [1.82, 2.24) is 4.98 Å². The standard InChI is InChI=1S/C13H10.C4H4N2O2/c1-2-4-10(5-3-1)8-11-6-7-12-9-13(11)12;5-4-6-3(7)1-2-8-4/h1-7,9H,8H2;1-2H,(H2,5,6,7). The zero-order valence-electron chi connectivity index (χ0n) is 11.3. The normalized spacial score (nSPS) is 10.5. The van der Waals surface area contributed by atoms with Crippen molar-refractivity contribution in [2.75, 3.05) is 5.73 Å². The van der Waals surface area contributed by atoms with E-state index < -0.39 is 0 Å². The molecule has 2 aliphatic rings. The Labute approximate surface area is 121 Å². The van der Waals surface area contributed by atoms with Gasteiger partial charge in [0.05, 0.1) is 0 Å². The van der Waals surface area contributed by atoms with E-state index in [4.69, 9.17) is 5.73 Å². The number of hydrogen-bond donors (Lipinski definition) is 1. The van der Waals surface area contributed by atoms with Crippen molar-refractivity contribution in [1.29, 1.82) is 0 Å². The highest BCUT2D eigenvalue weighted by Gasteiger charge is 2.16. The molecule has 0 amide bonds. The summed E-state index contributed by atoms with van der Waals surface area (Å²) in [6.45, 7) is 0. The lowest BCUT2D eigenvalue weighted by Crippen LogP contribution is -2.04. The van der Waals surface area contributed by atoms with Crippen LogP contribution >= 0.6 is 0 Å². The van der Waals surface area contributed by atoms with Crippen LogP contribution in [0.5, 0.6) is 0 Å². The first-order chi connectivity index (χ1) is 10.2. The van der Waals surface area contributed by atoms with Crippen LogP contribution in [0.3, 0.4) is 0 Å². The Morgan fingerprint density at radius 1 is 1.05 bits per heavy atom. The van der Waals surface area contributed by atoms with Gasteiger partial charge < -0.3 is 10.2 Å². The summed E-state index contributed by atoms with van der Waals surface area (Å²) >= 11 is 0. The van der Waals surface area contributed by atoms with E-state index in [9.17, 15) is 4.79 Å². The predicted molar refractivity (Wildman–Crippen MR) is 81.9 cm³/mol. The summed E-state index contributed by atoms with van der Waals surface area (Å²) in [5.41, 5.74) is 10.4. The van der Waals surface area contributed by atoms with Gasteiger partial charge in [-0.25, -0.2) is 0 Å². The number of fused-ring (bicyclic) bond motifs is 1. The van der Waals surface area contributed by atoms with Crippen LogP contribution in [0, 0.1) is 0 Å². The minimum absolute atomic E-state index is 0.0995. The number of nitrogens with zero attached hydrogens (tertiary/aromatic N) is 1. The molecule has 1 heterocycles. The molecule has 0 saturated carbocycles. The van der Waals surface area contributed by atoms with Gasteiger partial charge >= 0.3 is 0 Å². The number of hydrogen-bond acceptors (Lipinski definition) is 4. The summed E-state index contributed by atoms with van der Waals surface area (Å²) in [5.74, 6) is 0. The fourth-order valence-electron chi connectivity index (χ4n) is 2.12. The van der Waals surface area contributed by atoms with Crippen LogP contribution in [-0.4, -0.2) is 4.98 Å². The summed E-state index contributed by atoms with van der Waals surface area (Å²) in [6, 6.07) is 18.4. The quantitative estimate of drug-likeness (QED) is 0.612. The second-order valence-electron chi connectivity index (χ2n) is 4.74. The third kappa shape index (κ3) is 3.36. The van der Waals surface area contributed by atoms with Crippen LogP contribution in [-0.2, 0) is 6.42 Å². The van der Waals surface area contributed by atoms with Crippen LogP contribution in [0.1, 0.15) is 11.1 Å². The number of benzene rings is 2. The third-order valence-corrected chi connectivity index (χ3v) is 3.19. The molecular weight excluding hydrogens is 264 g/mol. The van der Waals surface area contributed by atoms with Crippen LogP contribution < -0.4 is 11.3 Å². The largest absolute Gasteiger partial charge is 0.434 e. The van der Waals surface area contributed by atoms with Gasteiger partial charge in [-0.15, -0.1) is 0 Å². The molecule has 0 saturated heterocycles. The molecule has 4 heteroatoms. The van der Waals surface area contributed by atoms with Crippen LogP contribution in [0.2, 0.25) is 0 Å². The first-order valence-corrected chi connectivity index (χ1v) is 6.61. The molecule has 2 N–H and O–H groups in total. The third-order valence-electron chi connectivity index (χ3n) is 3.19. The average Bonchev–Trinajstić information content (AvgIpc) is 3.16. The number of aromatic nitrogens is 1. The fraction of sp³-hybridized carbons (Fsp3) is 0.0588. The van der Waals surface area contributed by atoms with E-state index in [0.29, 0.717) is 0 Å². The van der Waals surface area contributed by atoms with Crippen molar-refractivity contribution < 1.29 is 4.42 Å². The molecule has 4 nitrogen and oxygen atoms in total. The maximum absolute atomic E-state index is 10.2. The topological polar surface area (TPSA) is 69.1 Å². The van der Waals surface area contributed by atoms with E-state index in [1.165, 1.54) is 34.6 Å². The van der Waals surface area contributed by atoms with Crippen molar-refractivity contribution in [3.05, 3.63) is 82.3 Å². The van der Waals surface area contributed by atoms with Gasteiger partial charge in [-0.05, 0) is 34.7 Å². The Hall–Kier alpha value is -2.88. The molecule has 21 heavy (non-hydrogen) atoms. The molecule has 2 aliphatic carbocycles. The highest BCUT2D eigenvalue weighted by atomic mass is 16.3. The number of anilines is 1. The van der Waals surface area contributed by atoms with E-state index in [-0.39, 0.29) is 11.6 Å². The molecule has 4 rings (SSSR count). The molecule has 0 atom stereocenters. The molecule has 1 aromatic carbocycles. The minimum atomic E-state index is -0.381. The van der Waals surface area contributed by atoms with Gasteiger partial charge in [-0.1, -0.05) is 42.5 Å². The molecule has 0 unspecified atom stereocenters. The monoisotopic (exact) mass is 278 g/mol. The van der Waals surface area contributed by atoms with Gasteiger partial charge in [-0.3, -0.25) is 4.79 Å². The van der Waals surface area contributed by atoms with Crippen molar-refractivity contribution in [3.63, 3.8) is 0 Å². The molecule has 0 spiro atoms. The number of rotatable bonds is 2. The second-order valence-corrected chi connectivity index (χ2v) is 4.74.